The van der Waals surface area contributed by atoms with Gasteiger partial charge >= 0.3 is 0 Å². The molecule has 3 nitrogen and oxygen atoms in total. The van der Waals surface area contributed by atoms with Gasteiger partial charge in [-0.25, -0.2) is 8.42 Å². The zero-order valence-corrected chi connectivity index (χ0v) is 11.2. The molecular formula is C10H14ClNO2S2. The highest BCUT2D eigenvalue weighted by Gasteiger charge is 2.36. The van der Waals surface area contributed by atoms with E-state index >= 15 is 0 Å². The third-order valence-corrected chi connectivity index (χ3v) is 5.57. The summed E-state index contributed by atoms with van der Waals surface area (Å²) in [6.45, 7) is 0.493. The van der Waals surface area contributed by atoms with Crippen LogP contribution in [0.25, 0.3) is 0 Å². The molecule has 2 rings (SSSR count). The number of sulfonamides is 1. The molecule has 0 spiro atoms. The van der Waals surface area contributed by atoms with Crippen LogP contribution in [-0.4, -0.2) is 30.4 Å². The highest BCUT2D eigenvalue weighted by atomic mass is 35.5. The number of thiophene rings is 1. The number of alkyl halides is 1. The molecule has 6 heteroatoms. The predicted octanol–water partition coefficient (Wildman–Crippen LogP) is 2.28. The lowest BCUT2D eigenvalue weighted by Gasteiger charge is -2.20. The van der Waals surface area contributed by atoms with E-state index < -0.39 is 10.0 Å². The summed E-state index contributed by atoms with van der Waals surface area (Å²) in [5.74, 6) is 0.199. The molecule has 0 aromatic carbocycles. The smallest absolute Gasteiger partial charge is 0.212 e. The SMILES string of the molecule is O=S(=O)(CCCl)N(Cc1ccsc1)C1CC1. The van der Waals surface area contributed by atoms with Crippen LogP contribution in [0.3, 0.4) is 0 Å². The Kier molecular flexibility index (Phi) is 3.89. The van der Waals surface area contributed by atoms with Gasteiger partial charge in [-0.1, -0.05) is 0 Å². The third kappa shape index (κ3) is 2.97. The topological polar surface area (TPSA) is 37.4 Å². The van der Waals surface area contributed by atoms with Crippen molar-refractivity contribution in [3.8, 4) is 0 Å². The molecule has 1 aliphatic carbocycles. The maximum Gasteiger partial charge on any atom is 0.215 e. The molecule has 0 radical (unpaired) electrons. The van der Waals surface area contributed by atoms with Crippen molar-refractivity contribution in [2.75, 3.05) is 11.6 Å². The van der Waals surface area contributed by atoms with Gasteiger partial charge in [-0.15, -0.1) is 11.6 Å². The third-order valence-electron chi connectivity index (χ3n) is 2.57. The standard InChI is InChI=1S/C10H14ClNO2S2/c11-4-6-16(13,14)12(10-1-2-10)7-9-3-5-15-8-9/h3,5,8,10H,1-2,4,6-7H2. The molecular weight excluding hydrogens is 266 g/mol. The van der Waals surface area contributed by atoms with E-state index in [9.17, 15) is 8.42 Å². The van der Waals surface area contributed by atoms with E-state index in [1.807, 2.05) is 16.8 Å². The van der Waals surface area contributed by atoms with Crippen molar-refractivity contribution in [2.24, 2.45) is 0 Å². The zero-order valence-electron chi connectivity index (χ0n) is 8.80. The number of rotatable bonds is 6. The van der Waals surface area contributed by atoms with Gasteiger partial charge in [-0.05, 0) is 35.2 Å². The molecule has 0 bridgehead atoms. The average Bonchev–Trinajstić information content (AvgIpc) is 2.92. The van der Waals surface area contributed by atoms with Crippen molar-refractivity contribution in [3.05, 3.63) is 22.4 Å². The number of halogens is 1. The zero-order chi connectivity index (χ0) is 11.6. The number of hydrogen-bond acceptors (Lipinski definition) is 3. The summed E-state index contributed by atoms with van der Waals surface area (Å²) in [7, 11) is -3.18. The van der Waals surface area contributed by atoms with E-state index in [1.165, 1.54) is 0 Å². The van der Waals surface area contributed by atoms with Crippen LogP contribution in [0.4, 0.5) is 0 Å². The van der Waals surface area contributed by atoms with Gasteiger partial charge in [0.15, 0.2) is 0 Å². The van der Waals surface area contributed by atoms with Crippen LogP contribution in [0.2, 0.25) is 0 Å². The quantitative estimate of drug-likeness (QED) is 0.749. The van der Waals surface area contributed by atoms with Crippen LogP contribution < -0.4 is 0 Å². The van der Waals surface area contributed by atoms with Crippen molar-refractivity contribution >= 4 is 33.0 Å². The molecule has 1 aromatic rings. The fourth-order valence-corrected chi connectivity index (χ4v) is 4.28. The van der Waals surface area contributed by atoms with Gasteiger partial charge in [0.1, 0.15) is 0 Å². The number of hydrogen-bond donors (Lipinski definition) is 0. The van der Waals surface area contributed by atoms with Crippen LogP contribution in [0.1, 0.15) is 18.4 Å². The Morgan fingerprint density at radius 2 is 2.25 bits per heavy atom. The van der Waals surface area contributed by atoms with Crippen molar-refractivity contribution in [1.29, 1.82) is 0 Å². The van der Waals surface area contributed by atoms with Gasteiger partial charge < -0.3 is 0 Å². The molecule has 0 saturated heterocycles. The Morgan fingerprint density at radius 1 is 1.50 bits per heavy atom. The molecule has 0 atom stereocenters. The fraction of sp³-hybridized carbons (Fsp3) is 0.600. The van der Waals surface area contributed by atoms with Gasteiger partial charge in [0.05, 0.1) is 5.75 Å². The van der Waals surface area contributed by atoms with Gasteiger partial charge in [0.2, 0.25) is 10.0 Å². The second-order valence-electron chi connectivity index (χ2n) is 3.91. The summed E-state index contributed by atoms with van der Waals surface area (Å²) in [6, 6.07) is 2.17. The summed E-state index contributed by atoms with van der Waals surface area (Å²) in [6.07, 6.45) is 1.96. The van der Waals surface area contributed by atoms with Crippen LogP contribution in [0.5, 0.6) is 0 Å². The minimum atomic E-state index is -3.18. The van der Waals surface area contributed by atoms with Gasteiger partial charge in [0, 0.05) is 18.5 Å². The Balaban J connectivity index is 2.11. The monoisotopic (exact) mass is 279 g/mol. The fourth-order valence-electron chi connectivity index (χ4n) is 1.59. The molecule has 0 unspecified atom stereocenters. The first-order valence-electron chi connectivity index (χ1n) is 5.20. The molecule has 0 aliphatic heterocycles. The Bertz CT molecular complexity index is 426. The predicted molar refractivity (Wildman–Crippen MR) is 67.4 cm³/mol. The minimum absolute atomic E-state index is 0.0369. The first-order chi connectivity index (χ1) is 7.63. The largest absolute Gasteiger partial charge is 0.215 e. The summed E-state index contributed by atoms with van der Waals surface area (Å²) in [4.78, 5) is 0. The Morgan fingerprint density at radius 3 is 2.75 bits per heavy atom. The lowest BCUT2D eigenvalue weighted by Crippen LogP contribution is -2.34. The van der Waals surface area contributed by atoms with Crippen LogP contribution in [0, 0.1) is 0 Å². The summed E-state index contributed by atoms with van der Waals surface area (Å²) in [5.41, 5.74) is 1.06. The van der Waals surface area contributed by atoms with E-state index in [2.05, 4.69) is 0 Å². The van der Waals surface area contributed by atoms with Gasteiger partial charge in [-0.2, -0.15) is 15.6 Å². The Labute approximate surface area is 105 Å². The lowest BCUT2D eigenvalue weighted by atomic mass is 10.3. The first-order valence-corrected chi connectivity index (χ1v) is 8.28. The molecule has 0 N–H and O–H groups in total. The van der Waals surface area contributed by atoms with Crippen LogP contribution in [-0.2, 0) is 16.6 Å². The maximum atomic E-state index is 12.0. The summed E-state index contributed by atoms with van der Waals surface area (Å²) >= 11 is 7.12. The van der Waals surface area contributed by atoms with E-state index in [-0.39, 0.29) is 17.7 Å². The van der Waals surface area contributed by atoms with Crippen molar-refractivity contribution in [1.82, 2.24) is 4.31 Å². The maximum absolute atomic E-state index is 12.0. The second kappa shape index (κ2) is 5.04. The Hall–Kier alpha value is -0.100. The highest BCUT2D eigenvalue weighted by Crippen LogP contribution is 2.31. The van der Waals surface area contributed by atoms with Crippen LogP contribution >= 0.6 is 22.9 Å². The molecule has 1 aliphatic rings. The van der Waals surface area contributed by atoms with Gasteiger partial charge in [0.25, 0.3) is 0 Å². The van der Waals surface area contributed by atoms with Crippen molar-refractivity contribution in [2.45, 2.75) is 25.4 Å². The highest BCUT2D eigenvalue weighted by molar-refractivity contribution is 7.89. The molecule has 90 valence electrons. The minimum Gasteiger partial charge on any atom is -0.212 e. The average molecular weight is 280 g/mol. The van der Waals surface area contributed by atoms with E-state index in [0.717, 1.165) is 18.4 Å². The molecule has 16 heavy (non-hydrogen) atoms. The summed E-state index contributed by atoms with van der Waals surface area (Å²) < 4.78 is 25.6. The normalized spacial score (nSPS) is 16.9. The summed E-state index contributed by atoms with van der Waals surface area (Å²) in [5, 5.41) is 3.96. The molecule has 0 amide bonds. The molecule has 1 heterocycles. The second-order valence-corrected chi connectivity index (χ2v) is 7.11. The number of nitrogens with zero attached hydrogens (tertiary/aromatic N) is 1. The van der Waals surface area contributed by atoms with Crippen molar-refractivity contribution < 1.29 is 8.42 Å². The van der Waals surface area contributed by atoms with Crippen molar-refractivity contribution in [3.63, 3.8) is 0 Å². The van der Waals surface area contributed by atoms with Gasteiger partial charge in [-0.3, -0.25) is 0 Å². The van der Waals surface area contributed by atoms with E-state index in [4.69, 9.17) is 11.6 Å². The van der Waals surface area contributed by atoms with Crippen LogP contribution in [0.15, 0.2) is 16.8 Å². The lowest BCUT2D eigenvalue weighted by molar-refractivity contribution is 0.400. The van der Waals surface area contributed by atoms with E-state index in [1.54, 1.807) is 15.6 Å². The molecule has 1 saturated carbocycles. The van der Waals surface area contributed by atoms with E-state index in [0.29, 0.717) is 6.54 Å². The molecule has 1 aromatic heterocycles. The molecule has 1 fully saturated rings. The first kappa shape index (κ1) is 12.4.